The maximum absolute atomic E-state index is 10.8. The van der Waals surface area contributed by atoms with Crippen LogP contribution in [0.1, 0.15) is 10.4 Å². The molecular formula is C14H11N3O2. The molecule has 2 heterocycles. The van der Waals surface area contributed by atoms with Gasteiger partial charge in [-0.2, -0.15) is 0 Å². The average Bonchev–Trinajstić information content (AvgIpc) is 2.77. The molecule has 0 aliphatic carbocycles. The Morgan fingerprint density at radius 2 is 1.95 bits per heavy atom. The molecular weight excluding hydrogens is 242 g/mol. The summed E-state index contributed by atoms with van der Waals surface area (Å²) >= 11 is 0. The third-order valence-corrected chi connectivity index (χ3v) is 3.07. The molecule has 1 N–H and O–H groups in total. The zero-order chi connectivity index (χ0) is 13.4. The highest BCUT2D eigenvalue weighted by atomic mass is 16.4. The van der Waals surface area contributed by atoms with Crippen molar-refractivity contribution in [1.29, 1.82) is 0 Å². The van der Waals surface area contributed by atoms with Crippen LogP contribution in [0.2, 0.25) is 0 Å². The summed E-state index contributed by atoms with van der Waals surface area (Å²) in [6.07, 6.45) is 3.46. The summed E-state index contributed by atoms with van der Waals surface area (Å²) in [5.41, 5.74) is 2.96. The number of carbonyl (C=O) groups is 1. The summed E-state index contributed by atoms with van der Waals surface area (Å²) in [4.78, 5) is 19.4. The van der Waals surface area contributed by atoms with Gasteiger partial charge in [0.1, 0.15) is 5.82 Å². The number of hydrogen-bond donors (Lipinski definition) is 1. The standard InChI is InChI=1S/C14H11N3O2/c1-17-12-8-15-7-6-11(12)16-13(17)9-2-4-10(5-3-9)14(18)19/h2-8H,1H3,(H,18,19). The average molecular weight is 253 g/mol. The van der Waals surface area contributed by atoms with Gasteiger partial charge in [-0.1, -0.05) is 12.1 Å². The number of aryl methyl sites for hydroxylation is 1. The van der Waals surface area contributed by atoms with Crippen molar-refractivity contribution in [2.45, 2.75) is 0 Å². The highest BCUT2D eigenvalue weighted by molar-refractivity contribution is 5.88. The van der Waals surface area contributed by atoms with E-state index in [9.17, 15) is 4.79 Å². The minimum absolute atomic E-state index is 0.268. The minimum Gasteiger partial charge on any atom is -0.478 e. The lowest BCUT2D eigenvalue weighted by molar-refractivity contribution is 0.0697. The van der Waals surface area contributed by atoms with Gasteiger partial charge in [0.05, 0.1) is 22.8 Å². The number of fused-ring (bicyclic) bond motifs is 1. The molecule has 0 saturated heterocycles. The van der Waals surface area contributed by atoms with Gasteiger partial charge in [-0.05, 0) is 18.2 Å². The molecule has 94 valence electrons. The van der Waals surface area contributed by atoms with Gasteiger partial charge in [0, 0.05) is 18.8 Å². The fourth-order valence-electron chi connectivity index (χ4n) is 2.06. The minimum atomic E-state index is -0.930. The molecule has 0 radical (unpaired) electrons. The van der Waals surface area contributed by atoms with E-state index in [4.69, 9.17) is 5.11 Å². The number of nitrogens with zero attached hydrogens (tertiary/aromatic N) is 3. The molecule has 0 spiro atoms. The molecule has 0 atom stereocenters. The van der Waals surface area contributed by atoms with Crippen molar-refractivity contribution >= 4 is 17.0 Å². The van der Waals surface area contributed by atoms with Crippen LogP contribution in [0, 0.1) is 0 Å². The van der Waals surface area contributed by atoms with E-state index in [-0.39, 0.29) is 5.56 Å². The van der Waals surface area contributed by atoms with E-state index in [0.29, 0.717) is 0 Å². The monoisotopic (exact) mass is 253 g/mol. The number of hydrogen-bond acceptors (Lipinski definition) is 3. The summed E-state index contributed by atoms with van der Waals surface area (Å²) in [5, 5.41) is 8.89. The molecule has 19 heavy (non-hydrogen) atoms. The second-order valence-corrected chi connectivity index (χ2v) is 4.24. The molecule has 0 aliphatic heterocycles. The summed E-state index contributed by atoms with van der Waals surface area (Å²) in [5.74, 6) is -0.138. The van der Waals surface area contributed by atoms with E-state index < -0.39 is 5.97 Å². The van der Waals surface area contributed by atoms with Crippen molar-refractivity contribution in [2.24, 2.45) is 7.05 Å². The number of carboxylic acid groups (broad SMARTS) is 1. The van der Waals surface area contributed by atoms with Crippen LogP contribution in [0.3, 0.4) is 0 Å². The van der Waals surface area contributed by atoms with Crippen LogP contribution < -0.4 is 0 Å². The number of imidazole rings is 1. The normalized spacial score (nSPS) is 10.8. The highest BCUT2D eigenvalue weighted by Gasteiger charge is 2.10. The molecule has 0 bridgehead atoms. The highest BCUT2D eigenvalue weighted by Crippen LogP contribution is 2.23. The first-order valence-corrected chi connectivity index (χ1v) is 5.77. The van der Waals surface area contributed by atoms with Gasteiger partial charge in [-0.3, -0.25) is 4.98 Å². The van der Waals surface area contributed by atoms with Crippen molar-refractivity contribution in [3.63, 3.8) is 0 Å². The fraction of sp³-hybridized carbons (Fsp3) is 0.0714. The van der Waals surface area contributed by atoms with Gasteiger partial charge < -0.3 is 9.67 Å². The van der Waals surface area contributed by atoms with E-state index in [1.165, 1.54) is 0 Å². The first kappa shape index (κ1) is 11.4. The maximum atomic E-state index is 10.8. The van der Waals surface area contributed by atoms with E-state index >= 15 is 0 Å². The quantitative estimate of drug-likeness (QED) is 0.761. The number of pyridine rings is 1. The molecule has 1 aromatic carbocycles. The lowest BCUT2D eigenvalue weighted by Crippen LogP contribution is -1.97. The van der Waals surface area contributed by atoms with Crippen molar-refractivity contribution in [3.8, 4) is 11.4 Å². The zero-order valence-electron chi connectivity index (χ0n) is 10.2. The molecule has 0 aliphatic rings. The van der Waals surface area contributed by atoms with Crippen LogP contribution in [-0.4, -0.2) is 25.6 Å². The molecule has 5 heteroatoms. The topological polar surface area (TPSA) is 68.0 Å². The van der Waals surface area contributed by atoms with Crippen molar-refractivity contribution < 1.29 is 9.90 Å². The molecule has 3 rings (SSSR count). The van der Waals surface area contributed by atoms with E-state index in [1.54, 1.807) is 36.7 Å². The number of aromatic carboxylic acids is 1. The first-order chi connectivity index (χ1) is 9.16. The lowest BCUT2D eigenvalue weighted by atomic mass is 10.1. The number of aromatic nitrogens is 3. The number of carboxylic acids is 1. The Balaban J connectivity index is 2.13. The zero-order valence-corrected chi connectivity index (χ0v) is 10.2. The predicted molar refractivity (Wildman–Crippen MR) is 70.9 cm³/mol. The van der Waals surface area contributed by atoms with Gasteiger partial charge in [-0.25, -0.2) is 9.78 Å². The lowest BCUT2D eigenvalue weighted by Gasteiger charge is -2.02. The third kappa shape index (κ3) is 1.85. The Bertz CT molecular complexity index is 760. The van der Waals surface area contributed by atoms with Crippen LogP contribution >= 0.6 is 0 Å². The molecule has 3 aromatic rings. The summed E-state index contributed by atoms with van der Waals surface area (Å²) in [7, 11) is 1.91. The third-order valence-electron chi connectivity index (χ3n) is 3.07. The van der Waals surface area contributed by atoms with Gasteiger partial charge >= 0.3 is 5.97 Å². The SMILES string of the molecule is Cn1c(-c2ccc(C(=O)O)cc2)nc2ccncc21. The van der Waals surface area contributed by atoms with Crippen LogP contribution in [0.25, 0.3) is 22.4 Å². The molecule has 2 aromatic heterocycles. The Morgan fingerprint density at radius 1 is 1.21 bits per heavy atom. The predicted octanol–water partition coefficient (Wildman–Crippen LogP) is 2.33. The number of rotatable bonds is 2. The van der Waals surface area contributed by atoms with E-state index in [0.717, 1.165) is 22.4 Å². The Morgan fingerprint density at radius 3 is 2.58 bits per heavy atom. The first-order valence-electron chi connectivity index (χ1n) is 5.77. The largest absolute Gasteiger partial charge is 0.478 e. The van der Waals surface area contributed by atoms with Crippen molar-refractivity contribution in [1.82, 2.24) is 14.5 Å². The molecule has 0 saturated carbocycles. The van der Waals surface area contributed by atoms with Gasteiger partial charge in [0.25, 0.3) is 0 Å². The summed E-state index contributed by atoms with van der Waals surface area (Å²) in [6.45, 7) is 0. The van der Waals surface area contributed by atoms with Crippen molar-refractivity contribution in [3.05, 3.63) is 48.3 Å². The Labute approximate surface area is 109 Å². The summed E-state index contributed by atoms with van der Waals surface area (Å²) < 4.78 is 1.94. The maximum Gasteiger partial charge on any atom is 0.335 e. The van der Waals surface area contributed by atoms with Crippen LogP contribution in [0.4, 0.5) is 0 Å². The second kappa shape index (κ2) is 4.20. The Kier molecular flexibility index (Phi) is 2.52. The Hall–Kier alpha value is -2.69. The second-order valence-electron chi connectivity index (χ2n) is 4.24. The van der Waals surface area contributed by atoms with Crippen molar-refractivity contribution in [2.75, 3.05) is 0 Å². The van der Waals surface area contributed by atoms with Crippen LogP contribution in [0.5, 0.6) is 0 Å². The molecule has 0 amide bonds. The smallest absolute Gasteiger partial charge is 0.335 e. The molecule has 0 fully saturated rings. The molecule has 5 nitrogen and oxygen atoms in total. The summed E-state index contributed by atoms with van der Waals surface area (Å²) in [6, 6.07) is 8.53. The van der Waals surface area contributed by atoms with Crippen LogP contribution in [0.15, 0.2) is 42.7 Å². The van der Waals surface area contributed by atoms with E-state index in [1.807, 2.05) is 17.7 Å². The van der Waals surface area contributed by atoms with E-state index in [2.05, 4.69) is 9.97 Å². The number of benzene rings is 1. The van der Waals surface area contributed by atoms with Gasteiger partial charge in [0.15, 0.2) is 0 Å². The van der Waals surface area contributed by atoms with Gasteiger partial charge in [-0.15, -0.1) is 0 Å². The van der Waals surface area contributed by atoms with Gasteiger partial charge in [0.2, 0.25) is 0 Å². The fourth-order valence-corrected chi connectivity index (χ4v) is 2.06. The molecule has 0 unspecified atom stereocenters. The van der Waals surface area contributed by atoms with Crippen LogP contribution in [-0.2, 0) is 7.05 Å².